The number of amides is 1. The summed E-state index contributed by atoms with van der Waals surface area (Å²) in [4.78, 5) is 10.9. The molecule has 0 aliphatic heterocycles. The molecule has 84 valence electrons. The monoisotopic (exact) mass is 258 g/mol. The van der Waals surface area contributed by atoms with Crippen LogP contribution in [0.3, 0.4) is 0 Å². The maximum atomic E-state index is 11.5. The zero-order valence-electron chi connectivity index (χ0n) is 7.97. The third kappa shape index (κ3) is 3.22. The zero-order valence-corrected chi connectivity index (χ0v) is 9.55. The van der Waals surface area contributed by atoms with Gasteiger partial charge in [0.1, 0.15) is 6.42 Å². The minimum Gasteiger partial charge on any atom is -0.273 e. The van der Waals surface area contributed by atoms with Crippen molar-refractivity contribution in [2.24, 2.45) is 0 Å². The van der Waals surface area contributed by atoms with E-state index in [2.05, 4.69) is 0 Å². The highest BCUT2D eigenvalue weighted by molar-refractivity contribution is 7.90. The number of halogens is 1. The largest absolute Gasteiger partial charge is 0.273 e. The second kappa shape index (κ2) is 4.96. The standard InChI is InChI=1S/C9H7ClN2O3S/c10-7-1-3-8(4-2-7)16(14,15)12-9(13)5-6-11/h1-4H,5H2,(H,12,13). The quantitative estimate of drug-likeness (QED) is 0.878. The Balaban J connectivity index is 2.91. The van der Waals surface area contributed by atoms with Crippen molar-refractivity contribution in [3.05, 3.63) is 29.3 Å². The number of carbonyl (C=O) groups excluding carboxylic acids is 1. The van der Waals surface area contributed by atoms with Crippen LogP contribution in [-0.2, 0) is 14.8 Å². The Labute approximate surface area is 97.7 Å². The maximum Gasteiger partial charge on any atom is 0.264 e. The molecule has 0 saturated heterocycles. The Bertz CT molecular complexity index is 531. The van der Waals surface area contributed by atoms with Crippen LogP contribution >= 0.6 is 11.6 Å². The first-order valence-electron chi connectivity index (χ1n) is 4.14. The Morgan fingerprint density at radius 2 is 1.94 bits per heavy atom. The zero-order chi connectivity index (χ0) is 12.2. The summed E-state index contributed by atoms with van der Waals surface area (Å²) in [6.07, 6.45) is -0.507. The number of carbonyl (C=O) groups is 1. The van der Waals surface area contributed by atoms with Crippen molar-refractivity contribution >= 4 is 27.5 Å². The van der Waals surface area contributed by atoms with E-state index in [0.29, 0.717) is 5.02 Å². The van der Waals surface area contributed by atoms with E-state index in [4.69, 9.17) is 16.9 Å². The number of nitriles is 1. The molecule has 0 saturated carbocycles. The van der Waals surface area contributed by atoms with Crippen LogP contribution in [0, 0.1) is 11.3 Å². The average molecular weight is 259 g/mol. The van der Waals surface area contributed by atoms with Crippen molar-refractivity contribution in [3.63, 3.8) is 0 Å². The summed E-state index contributed by atoms with van der Waals surface area (Å²) < 4.78 is 24.8. The smallest absolute Gasteiger partial charge is 0.264 e. The van der Waals surface area contributed by atoms with Crippen LogP contribution in [0.2, 0.25) is 5.02 Å². The number of sulfonamides is 1. The first-order chi connectivity index (χ1) is 7.45. The molecular weight excluding hydrogens is 252 g/mol. The molecule has 1 aromatic carbocycles. The fraction of sp³-hybridized carbons (Fsp3) is 0.111. The summed E-state index contributed by atoms with van der Waals surface area (Å²) in [5.41, 5.74) is 0. The fourth-order valence-electron chi connectivity index (χ4n) is 0.930. The Kier molecular flexibility index (Phi) is 3.88. The van der Waals surface area contributed by atoms with E-state index in [9.17, 15) is 13.2 Å². The molecule has 0 fully saturated rings. The Hall–Kier alpha value is -1.58. The molecule has 7 heteroatoms. The maximum absolute atomic E-state index is 11.5. The summed E-state index contributed by atoms with van der Waals surface area (Å²) in [5, 5.41) is 8.61. The van der Waals surface area contributed by atoms with Crippen molar-refractivity contribution in [2.75, 3.05) is 0 Å². The van der Waals surface area contributed by atoms with E-state index in [1.165, 1.54) is 24.3 Å². The molecule has 1 amide bonds. The lowest BCUT2D eigenvalue weighted by atomic mass is 10.4. The van der Waals surface area contributed by atoms with Crippen LogP contribution in [0.4, 0.5) is 0 Å². The SMILES string of the molecule is N#CCC(=O)NS(=O)(=O)c1ccc(Cl)cc1. The number of nitrogens with zero attached hydrogens (tertiary/aromatic N) is 1. The van der Waals surface area contributed by atoms with Crippen molar-refractivity contribution in [3.8, 4) is 6.07 Å². The molecule has 0 atom stereocenters. The third-order valence-corrected chi connectivity index (χ3v) is 3.25. The second-order valence-electron chi connectivity index (χ2n) is 2.82. The summed E-state index contributed by atoms with van der Waals surface area (Å²) >= 11 is 5.59. The highest BCUT2D eigenvalue weighted by atomic mass is 35.5. The molecule has 16 heavy (non-hydrogen) atoms. The van der Waals surface area contributed by atoms with Gasteiger partial charge >= 0.3 is 0 Å². The van der Waals surface area contributed by atoms with Gasteiger partial charge < -0.3 is 0 Å². The number of benzene rings is 1. The molecule has 0 aromatic heterocycles. The van der Waals surface area contributed by atoms with E-state index in [-0.39, 0.29) is 4.90 Å². The van der Waals surface area contributed by atoms with Gasteiger partial charge in [0, 0.05) is 5.02 Å². The fourth-order valence-corrected chi connectivity index (χ4v) is 2.04. The lowest BCUT2D eigenvalue weighted by Crippen LogP contribution is -2.29. The van der Waals surface area contributed by atoms with Crippen LogP contribution in [0.15, 0.2) is 29.2 Å². The van der Waals surface area contributed by atoms with Gasteiger partial charge in [0.05, 0.1) is 11.0 Å². The lowest BCUT2D eigenvalue weighted by molar-refractivity contribution is -0.118. The van der Waals surface area contributed by atoms with Gasteiger partial charge in [0.25, 0.3) is 10.0 Å². The normalized spacial score (nSPS) is 10.5. The summed E-state index contributed by atoms with van der Waals surface area (Å²) in [5.74, 6) is -0.863. The predicted molar refractivity (Wildman–Crippen MR) is 57.0 cm³/mol. The molecule has 0 spiro atoms. The van der Waals surface area contributed by atoms with Crippen molar-refractivity contribution < 1.29 is 13.2 Å². The predicted octanol–water partition coefficient (Wildman–Crippen LogP) is 1.06. The van der Waals surface area contributed by atoms with Crippen LogP contribution in [0.25, 0.3) is 0 Å². The van der Waals surface area contributed by atoms with Crippen LogP contribution in [-0.4, -0.2) is 14.3 Å². The molecule has 0 radical (unpaired) electrons. The highest BCUT2D eigenvalue weighted by Crippen LogP contribution is 2.13. The Morgan fingerprint density at radius 3 is 2.44 bits per heavy atom. The van der Waals surface area contributed by atoms with Gasteiger partial charge in [0.2, 0.25) is 5.91 Å². The number of nitrogens with one attached hydrogen (secondary N) is 1. The second-order valence-corrected chi connectivity index (χ2v) is 4.94. The third-order valence-electron chi connectivity index (χ3n) is 1.61. The van der Waals surface area contributed by atoms with Crippen molar-refractivity contribution in [1.82, 2.24) is 4.72 Å². The van der Waals surface area contributed by atoms with Gasteiger partial charge in [0.15, 0.2) is 0 Å². The molecule has 1 aromatic rings. The number of hydrogen-bond acceptors (Lipinski definition) is 4. The van der Waals surface area contributed by atoms with Gasteiger partial charge in [-0.3, -0.25) is 4.79 Å². The van der Waals surface area contributed by atoms with Crippen LogP contribution in [0.1, 0.15) is 6.42 Å². The molecule has 0 bridgehead atoms. The molecule has 0 aliphatic carbocycles. The van der Waals surface area contributed by atoms with Crippen LogP contribution in [0.5, 0.6) is 0 Å². The lowest BCUT2D eigenvalue weighted by Gasteiger charge is -2.04. The molecule has 1 rings (SSSR count). The van der Waals surface area contributed by atoms with Gasteiger partial charge in [-0.2, -0.15) is 5.26 Å². The molecule has 5 nitrogen and oxygen atoms in total. The summed E-state index contributed by atoms with van der Waals surface area (Å²) in [6.45, 7) is 0. The molecule has 0 heterocycles. The van der Waals surface area contributed by atoms with Gasteiger partial charge in [-0.25, -0.2) is 13.1 Å². The van der Waals surface area contributed by atoms with Crippen molar-refractivity contribution in [1.29, 1.82) is 5.26 Å². The molecule has 1 N–H and O–H groups in total. The van der Waals surface area contributed by atoms with Gasteiger partial charge in [-0.05, 0) is 24.3 Å². The van der Waals surface area contributed by atoms with E-state index < -0.39 is 22.4 Å². The Morgan fingerprint density at radius 1 is 1.38 bits per heavy atom. The first kappa shape index (κ1) is 12.5. The topological polar surface area (TPSA) is 87.0 Å². The minimum absolute atomic E-state index is 0.0804. The average Bonchev–Trinajstić information content (AvgIpc) is 2.17. The van der Waals surface area contributed by atoms with E-state index in [0.717, 1.165) is 0 Å². The highest BCUT2D eigenvalue weighted by Gasteiger charge is 2.16. The van der Waals surface area contributed by atoms with E-state index >= 15 is 0 Å². The van der Waals surface area contributed by atoms with E-state index in [1.807, 2.05) is 0 Å². The molecule has 0 unspecified atom stereocenters. The molecular formula is C9H7ClN2O3S. The van der Waals surface area contributed by atoms with Crippen molar-refractivity contribution in [2.45, 2.75) is 11.3 Å². The number of rotatable bonds is 3. The van der Waals surface area contributed by atoms with E-state index in [1.54, 1.807) is 10.8 Å². The first-order valence-corrected chi connectivity index (χ1v) is 6.00. The summed E-state index contributed by atoms with van der Waals surface area (Å²) in [7, 11) is -3.91. The van der Waals surface area contributed by atoms with Gasteiger partial charge in [-0.15, -0.1) is 0 Å². The number of hydrogen-bond donors (Lipinski definition) is 1. The summed E-state index contributed by atoms with van der Waals surface area (Å²) in [6, 6.07) is 6.88. The van der Waals surface area contributed by atoms with Gasteiger partial charge in [-0.1, -0.05) is 11.6 Å². The molecule has 0 aliphatic rings. The minimum atomic E-state index is -3.91. The van der Waals surface area contributed by atoms with Crippen LogP contribution < -0.4 is 4.72 Å².